The van der Waals surface area contributed by atoms with E-state index < -0.39 is 29.7 Å². The van der Waals surface area contributed by atoms with E-state index in [0.29, 0.717) is 6.54 Å². The van der Waals surface area contributed by atoms with Crippen LogP contribution in [0.5, 0.6) is 0 Å². The van der Waals surface area contributed by atoms with Gasteiger partial charge >= 0.3 is 6.09 Å². The summed E-state index contributed by atoms with van der Waals surface area (Å²) in [7, 11) is 1.72. The molecule has 3 amide bonds. The van der Waals surface area contributed by atoms with Gasteiger partial charge in [0.2, 0.25) is 11.8 Å². The molecule has 0 saturated heterocycles. The molecule has 0 aliphatic carbocycles. The molecule has 0 saturated carbocycles. The number of likely N-dealkylation sites (N-methyl/N-ethyl adjacent to an activating group) is 1. The number of ether oxygens (including phenoxy) is 1. The third kappa shape index (κ3) is 4.97. The molecule has 0 fully saturated rings. The van der Waals surface area contributed by atoms with Gasteiger partial charge < -0.3 is 20.3 Å². The summed E-state index contributed by atoms with van der Waals surface area (Å²) in [5, 5.41) is 5.26. The fourth-order valence-corrected chi connectivity index (χ4v) is 2.75. The van der Waals surface area contributed by atoms with Gasteiger partial charge in [0.1, 0.15) is 17.7 Å². The summed E-state index contributed by atoms with van der Waals surface area (Å²) in [5.41, 5.74) is 1.17. The Kier molecular flexibility index (Phi) is 5.90. The number of amides is 3. The van der Waals surface area contributed by atoms with Crippen molar-refractivity contribution in [3.63, 3.8) is 0 Å². The second-order valence-corrected chi connectivity index (χ2v) is 7.52. The maximum atomic E-state index is 12.7. The number of nitrogens with zero attached hydrogens (tertiary/aromatic N) is 1. The maximum absolute atomic E-state index is 12.7. The van der Waals surface area contributed by atoms with Gasteiger partial charge in [0, 0.05) is 13.6 Å². The second-order valence-electron chi connectivity index (χ2n) is 7.52. The van der Waals surface area contributed by atoms with E-state index in [9.17, 15) is 14.4 Å². The largest absolute Gasteiger partial charge is 0.444 e. The van der Waals surface area contributed by atoms with Crippen molar-refractivity contribution >= 4 is 17.9 Å². The first-order valence-electron chi connectivity index (χ1n) is 8.71. The fraction of sp³-hybridized carbons (Fsp3) is 0.526. The Hall–Kier alpha value is -2.57. The molecular formula is C19H27N3O4. The van der Waals surface area contributed by atoms with Crippen molar-refractivity contribution in [3.8, 4) is 0 Å². The average Bonchev–Trinajstić information content (AvgIpc) is 2.65. The Morgan fingerprint density at radius 3 is 2.58 bits per heavy atom. The van der Waals surface area contributed by atoms with Crippen LogP contribution in [0.15, 0.2) is 24.3 Å². The summed E-state index contributed by atoms with van der Waals surface area (Å²) >= 11 is 0. The van der Waals surface area contributed by atoms with E-state index in [1.165, 1.54) is 0 Å². The van der Waals surface area contributed by atoms with E-state index in [4.69, 9.17) is 4.74 Å². The smallest absolute Gasteiger partial charge is 0.408 e. The standard InChI is InChI=1S/C19H27N3O4/c1-12(20-18(25)26-19(2,3)4)16(23)21-15-14-9-7-6-8-13(14)10-11-22(5)17(15)24/h6-9,12,15H,10-11H2,1-5H3,(H,20,25)(H,21,23)/t12-,15-/m0/s1. The van der Waals surface area contributed by atoms with Crippen molar-refractivity contribution in [2.24, 2.45) is 0 Å². The maximum Gasteiger partial charge on any atom is 0.408 e. The van der Waals surface area contributed by atoms with Gasteiger partial charge in [-0.2, -0.15) is 0 Å². The van der Waals surface area contributed by atoms with Crippen LogP contribution < -0.4 is 10.6 Å². The molecule has 1 heterocycles. The van der Waals surface area contributed by atoms with Crippen LogP contribution in [0.3, 0.4) is 0 Å². The SMILES string of the molecule is C[C@H](NC(=O)OC(C)(C)C)C(=O)N[C@@H]1C(=O)N(C)CCc2ccccc21. The number of nitrogens with one attached hydrogen (secondary N) is 2. The minimum atomic E-state index is -0.835. The Morgan fingerprint density at radius 1 is 1.27 bits per heavy atom. The Morgan fingerprint density at radius 2 is 1.92 bits per heavy atom. The van der Waals surface area contributed by atoms with Crippen LogP contribution in [-0.4, -0.2) is 48.0 Å². The monoisotopic (exact) mass is 361 g/mol. The number of fused-ring (bicyclic) bond motifs is 1. The number of hydrogen-bond acceptors (Lipinski definition) is 4. The summed E-state index contributed by atoms with van der Waals surface area (Å²) in [6.45, 7) is 7.38. The molecule has 0 aromatic heterocycles. The van der Waals surface area contributed by atoms with Crippen LogP contribution in [0.4, 0.5) is 4.79 Å². The third-order valence-corrected chi connectivity index (χ3v) is 4.12. The predicted molar refractivity (Wildman–Crippen MR) is 97.5 cm³/mol. The van der Waals surface area contributed by atoms with Gasteiger partial charge in [-0.1, -0.05) is 24.3 Å². The van der Waals surface area contributed by atoms with Crippen LogP contribution >= 0.6 is 0 Å². The third-order valence-electron chi connectivity index (χ3n) is 4.12. The van der Waals surface area contributed by atoms with E-state index in [2.05, 4.69) is 10.6 Å². The number of carbonyl (C=O) groups is 3. The molecule has 0 spiro atoms. The number of rotatable bonds is 3. The lowest BCUT2D eigenvalue weighted by atomic mass is 9.99. The fourth-order valence-electron chi connectivity index (χ4n) is 2.75. The summed E-state index contributed by atoms with van der Waals surface area (Å²) in [6, 6.07) is 5.97. The molecule has 2 N–H and O–H groups in total. The zero-order valence-corrected chi connectivity index (χ0v) is 16.0. The minimum Gasteiger partial charge on any atom is -0.444 e. The highest BCUT2D eigenvalue weighted by molar-refractivity contribution is 5.92. The lowest BCUT2D eigenvalue weighted by molar-refractivity contribution is -0.135. The van der Waals surface area contributed by atoms with Gasteiger partial charge in [-0.05, 0) is 45.2 Å². The van der Waals surface area contributed by atoms with Crippen LogP contribution in [-0.2, 0) is 20.7 Å². The van der Waals surface area contributed by atoms with E-state index in [1.54, 1.807) is 39.6 Å². The van der Waals surface area contributed by atoms with Crippen LogP contribution in [0.25, 0.3) is 0 Å². The van der Waals surface area contributed by atoms with Crippen molar-refractivity contribution in [3.05, 3.63) is 35.4 Å². The van der Waals surface area contributed by atoms with Crippen LogP contribution in [0.1, 0.15) is 44.9 Å². The Bertz CT molecular complexity index is 696. The Labute approximate surface area is 154 Å². The van der Waals surface area contributed by atoms with Crippen molar-refractivity contribution in [2.75, 3.05) is 13.6 Å². The first-order chi connectivity index (χ1) is 12.1. The minimum absolute atomic E-state index is 0.173. The molecular weight excluding hydrogens is 334 g/mol. The molecule has 7 nitrogen and oxygen atoms in total. The lowest BCUT2D eigenvalue weighted by Gasteiger charge is -2.25. The molecule has 0 bridgehead atoms. The molecule has 1 aliphatic heterocycles. The van der Waals surface area contributed by atoms with Crippen molar-refractivity contribution < 1.29 is 19.1 Å². The molecule has 2 atom stereocenters. The van der Waals surface area contributed by atoms with Crippen molar-refractivity contribution in [2.45, 2.75) is 51.8 Å². The summed E-state index contributed by atoms with van der Waals surface area (Å²) in [5.74, 6) is -0.618. The second kappa shape index (κ2) is 7.76. The molecule has 2 rings (SSSR count). The number of carbonyl (C=O) groups excluding carboxylic acids is 3. The molecule has 26 heavy (non-hydrogen) atoms. The predicted octanol–water partition coefficient (Wildman–Crippen LogP) is 1.77. The van der Waals surface area contributed by atoms with Gasteiger partial charge in [-0.25, -0.2) is 4.79 Å². The molecule has 1 aromatic rings. The molecule has 0 unspecified atom stereocenters. The molecule has 0 radical (unpaired) electrons. The van der Waals surface area contributed by atoms with Gasteiger partial charge in [0.25, 0.3) is 0 Å². The Balaban J connectivity index is 2.11. The van der Waals surface area contributed by atoms with Gasteiger partial charge in [0.15, 0.2) is 0 Å². The molecule has 1 aliphatic rings. The highest BCUT2D eigenvalue weighted by atomic mass is 16.6. The van der Waals surface area contributed by atoms with Crippen LogP contribution in [0, 0.1) is 0 Å². The average molecular weight is 361 g/mol. The summed E-state index contributed by atoms with van der Waals surface area (Å²) in [6.07, 6.45) is 0.0566. The molecule has 7 heteroatoms. The van der Waals surface area contributed by atoms with Gasteiger partial charge in [0.05, 0.1) is 0 Å². The zero-order chi connectivity index (χ0) is 19.5. The number of benzene rings is 1. The molecule has 142 valence electrons. The van der Waals surface area contributed by atoms with Gasteiger partial charge in [-0.15, -0.1) is 0 Å². The quantitative estimate of drug-likeness (QED) is 0.859. The van der Waals surface area contributed by atoms with Crippen LogP contribution in [0.2, 0.25) is 0 Å². The zero-order valence-electron chi connectivity index (χ0n) is 16.0. The lowest BCUT2D eigenvalue weighted by Crippen LogP contribution is -2.49. The van der Waals surface area contributed by atoms with E-state index in [1.807, 2.05) is 24.3 Å². The normalized spacial score (nSPS) is 18.4. The number of hydrogen-bond donors (Lipinski definition) is 2. The number of alkyl carbamates (subject to hydrolysis) is 1. The van der Waals surface area contributed by atoms with Crippen molar-refractivity contribution in [1.29, 1.82) is 0 Å². The summed E-state index contributed by atoms with van der Waals surface area (Å²) in [4.78, 5) is 38.7. The first kappa shape index (κ1) is 19.8. The van der Waals surface area contributed by atoms with E-state index >= 15 is 0 Å². The molecule has 1 aromatic carbocycles. The van der Waals surface area contributed by atoms with E-state index in [0.717, 1.165) is 17.5 Å². The van der Waals surface area contributed by atoms with Crippen molar-refractivity contribution in [1.82, 2.24) is 15.5 Å². The highest BCUT2D eigenvalue weighted by Crippen LogP contribution is 2.24. The van der Waals surface area contributed by atoms with E-state index in [-0.39, 0.29) is 5.91 Å². The summed E-state index contributed by atoms with van der Waals surface area (Å²) < 4.78 is 5.16. The highest BCUT2D eigenvalue weighted by Gasteiger charge is 2.32. The topological polar surface area (TPSA) is 87.7 Å². The first-order valence-corrected chi connectivity index (χ1v) is 8.71. The van der Waals surface area contributed by atoms with Gasteiger partial charge in [-0.3, -0.25) is 9.59 Å².